The molecule has 1 N–H and O–H groups in total. The molecule has 1 aromatic rings. The lowest BCUT2D eigenvalue weighted by Crippen LogP contribution is -2.32. The lowest BCUT2D eigenvalue weighted by molar-refractivity contribution is 0.305. The summed E-state index contributed by atoms with van der Waals surface area (Å²) >= 11 is 3.38. The molecule has 0 aliphatic heterocycles. The monoisotopic (exact) mass is 299 g/mol. The average molecular weight is 300 g/mol. The van der Waals surface area contributed by atoms with Crippen molar-refractivity contribution in [1.82, 2.24) is 5.32 Å². The minimum absolute atomic E-state index is 0.120. The van der Waals surface area contributed by atoms with Crippen molar-refractivity contribution in [1.29, 1.82) is 0 Å². The van der Waals surface area contributed by atoms with Gasteiger partial charge in [-0.3, -0.25) is 0 Å². The number of halogens is 2. The fourth-order valence-electron chi connectivity index (χ4n) is 2.40. The Morgan fingerprint density at radius 3 is 2.71 bits per heavy atom. The zero-order valence-corrected chi connectivity index (χ0v) is 11.8. The van der Waals surface area contributed by atoms with Crippen LogP contribution in [0, 0.1) is 11.7 Å². The maximum absolute atomic E-state index is 13.5. The van der Waals surface area contributed by atoms with Gasteiger partial charge in [0.05, 0.1) is 0 Å². The number of benzene rings is 1. The van der Waals surface area contributed by atoms with Gasteiger partial charge in [-0.05, 0) is 49.8 Å². The lowest BCUT2D eigenvalue weighted by atomic mass is 9.87. The van der Waals surface area contributed by atoms with Gasteiger partial charge < -0.3 is 5.32 Å². The smallest absolute Gasteiger partial charge is 0.127 e. The molecule has 1 aliphatic carbocycles. The molecule has 94 valence electrons. The van der Waals surface area contributed by atoms with E-state index in [1.54, 1.807) is 6.07 Å². The molecule has 0 spiro atoms. The third kappa shape index (κ3) is 3.78. The van der Waals surface area contributed by atoms with Crippen molar-refractivity contribution in [2.75, 3.05) is 0 Å². The second-order valence-electron chi connectivity index (χ2n) is 5.07. The van der Waals surface area contributed by atoms with Crippen LogP contribution in [0.3, 0.4) is 0 Å². The van der Waals surface area contributed by atoms with Gasteiger partial charge in [0.2, 0.25) is 0 Å². The van der Waals surface area contributed by atoms with Crippen LogP contribution < -0.4 is 5.32 Å². The molecule has 0 aromatic heterocycles. The highest BCUT2D eigenvalue weighted by molar-refractivity contribution is 9.10. The van der Waals surface area contributed by atoms with Crippen molar-refractivity contribution in [2.24, 2.45) is 5.92 Å². The molecule has 0 bridgehead atoms. The Kier molecular flexibility index (Phi) is 4.57. The van der Waals surface area contributed by atoms with Crippen LogP contribution in [-0.2, 0) is 6.54 Å². The molecule has 0 radical (unpaired) electrons. The Bertz CT molecular complexity index is 372. The van der Waals surface area contributed by atoms with E-state index in [1.807, 2.05) is 6.07 Å². The molecule has 1 nitrogen and oxygen atoms in total. The van der Waals surface area contributed by atoms with Crippen LogP contribution in [0.4, 0.5) is 4.39 Å². The molecule has 2 rings (SSSR count). The van der Waals surface area contributed by atoms with Crippen LogP contribution >= 0.6 is 15.9 Å². The first-order valence-corrected chi connectivity index (χ1v) is 7.12. The predicted octanol–water partition coefficient (Wildman–Crippen LogP) is 4.26. The van der Waals surface area contributed by atoms with Crippen molar-refractivity contribution in [3.63, 3.8) is 0 Å². The largest absolute Gasteiger partial charge is 0.310 e. The summed E-state index contributed by atoms with van der Waals surface area (Å²) in [6.45, 7) is 2.94. The molecule has 1 aliphatic rings. The van der Waals surface area contributed by atoms with Crippen LogP contribution in [0.15, 0.2) is 22.7 Å². The summed E-state index contributed by atoms with van der Waals surface area (Å²) in [6, 6.07) is 5.67. The summed E-state index contributed by atoms with van der Waals surface area (Å²) in [5.74, 6) is 0.737. The van der Waals surface area contributed by atoms with E-state index in [-0.39, 0.29) is 5.82 Å². The standard InChI is InChI=1S/C14H19BrFN/c1-10-2-5-13(6-3-10)17-9-11-8-12(15)4-7-14(11)16/h4,7-8,10,13,17H,2-3,5-6,9H2,1H3. The van der Waals surface area contributed by atoms with Crippen LogP contribution in [0.2, 0.25) is 0 Å². The minimum atomic E-state index is -0.120. The molecule has 17 heavy (non-hydrogen) atoms. The first-order chi connectivity index (χ1) is 8.15. The van der Waals surface area contributed by atoms with Gasteiger partial charge in [0, 0.05) is 22.6 Å². The summed E-state index contributed by atoms with van der Waals surface area (Å²) < 4.78 is 14.5. The van der Waals surface area contributed by atoms with Crippen molar-refractivity contribution in [2.45, 2.75) is 45.2 Å². The van der Waals surface area contributed by atoms with Gasteiger partial charge >= 0.3 is 0 Å². The average Bonchev–Trinajstić information content (AvgIpc) is 2.32. The Morgan fingerprint density at radius 2 is 2.00 bits per heavy atom. The zero-order valence-electron chi connectivity index (χ0n) is 10.2. The molecular weight excluding hydrogens is 281 g/mol. The van der Waals surface area contributed by atoms with Gasteiger partial charge in [0.25, 0.3) is 0 Å². The summed E-state index contributed by atoms with van der Waals surface area (Å²) in [5.41, 5.74) is 0.748. The third-order valence-electron chi connectivity index (χ3n) is 3.60. The summed E-state index contributed by atoms with van der Waals surface area (Å²) in [5, 5.41) is 3.47. The van der Waals surface area contributed by atoms with Crippen molar-refractivity contribution < 1.29 is 4.39 Å². The first-order valence-electron chi connectivity index (χ1n) is 6.32. The highest BCUT2D eigenvalue weighted by atomic mass is 79.9. The van der Waals surface area contributed by atoms with Crippen molar-refractivity contribution in [3.8, 4) is 0 Å². The van der Waals surface area contributed by atoms with Gasteiger partial charge in [-0.2, -0.15) is 0 Å². The quantitative estimate of drug-likeness (QED) is 0.879. The Morgan fingerprint density at radius 1 is 1.29 bits per heavy atom. The predicted molar refractivity (Wildman–Crippen MR) is 72.4 cm³/mol. The normalized spacial score (nSPS) is 24.9. The summed E-state index contributed by atoms with van der Waals surface area (Å²) in [6.07, 6.45) is 5.02. The molecule has 0 atom stereocenters. The van der Waals surface area contributed by atoms with E-state index in [0.29, 0.717) is 12.6 Å². The highest BCUT2D eigenvalue weighted by Gasteiger charge is 2.17. The van der Waals surface area contributed by atoms with Gasteiger partial charge in [0.1, 0.15) is 5.82 Å². The second kappa shape index (κ2) is 5.96. The zero-order chi connectivity index (χ0) is 12.3. The SMILES string of the molecule is CC1CCC(NCc2cc(Br)ccc2F)CC1. The van der Waals surface area contributed by atoms with E-state index >= 15 is 0 Å². The van der Waals surface area contributed by atoms with E-state index in [2.05, 4.69) is 28.2 Å². The number of nitrogens with one attached hydrogen (secondary N) is 1. The number of hydrogen-bond acceptors (Lipinski definition) is 1. The molecule has 1 saturated carbocycles. The van der Waals surface area contributed by atoms with Gasteiger partial charge in [0.15, 0.2) is 0 Å². The van der Waals surface area contributed by atoms with E-state index in [0.717, 1.165) is 16.0 Å². The Labute approximate surface area is 111 Å². The van der Waals surface area contributed by atoms with Crippen molar-refractivity contribution in [3.05, 3.63) is 34.1 Å². The third-order valence-corrected chi connectivity index (χ3v) is 4.10. The minimum Gasteiger partial charge on any atom is -0.310 e. The van der Waals surface area contributed by atoms with Crippen molar-refractivity contribution >= 4 is 15.9 Å². The number of rotatable bonds is 3. The number of hydrogen-bond donors (Lipinski definition) is 1. The van der Waals surface area contributed by atoms with E-state index in [1.165, 1.54) is 31.7 Å². The molecule has 0 unspecified atom stereocenters. The van der Waals surface area contributed by atoms with Gasteiger partial charge in [-0.1, -0.05) is 22.9 Å². The topological polar surface area (TPSA) is 12.0 Å². The van der Waals surface area contributed by atoms with Crippen LogP contribution in [0.1, 0.15) is 38.2 Å². The first kappa shape index (κ1) is 13.0. The molecule has 0 heterocycles. The molecule has 1 fully saturated rings. The molecular formula is C14H19BrFN. The fourth-order valence-corrected chi connectivity index (χ4v) is 2.81. The molecule has 0 saturated heterocycles. The van der Waals surface area contributed by atoms with E-state index in [9.17, 15) is 4.39 Å². The van der Waals surface area contributed by atoms with Crippen LogP contribution in [-0.4, -0.2) is 6.04 Å². The maximum Gasteiger partial charge on any atom is 0.127 e. The molecule has 0 amide bonds. The van der Waals surface area contributed by atoms with Gasteiger partial charge in [-0.25, -0.2) is 4.39 Å². The maximum atomic E-state index is 13.5. The van der Waals surface area contributed by atoms with E-state index < -0.39 is 0 Å². The van der Waals surface area contributed by atoms with Gasteiger partial charge in [-0.15, -0.1) is 0 Å². The summed E-state index contributed by atoms with van der Waals surface area (Å²) in [4.78, 5) is 0. The summed E-state index contributed by atoms with van der Waals surface area (Å²) in [7, 11) is 0. The Hall–Kier alpha value is -0.410. The fraction of sp³-hybridized carbons (Fsp3) is 0.571. The Balaban J connectivity index is 1.87. The lowest BCUT2D eigenvalue weighted by Gasteiger charge is -2.27. The highest BCUT2D eigenvalue weighted by Crippen LogP contribution is 2.24. The van der Waals surface area contributed by atoms with E-state index in [4.69, 9.17) is 0 Å². The van der Waals surface area contributed by atoms with Crippen LogP contribution in [0.25, 0.3) is 0 Å². The van der Waals surface area contributed by atoms with Crippen LogP contribution in [0.5, 0.6) is 0 Å². The second-order valence-corrected chi connectivity index (χ2v) is 5.99. The molecule has 1 aromatic carbocycles. The molecule has 3 heteroatoms.